The van der Waals surface area contributed by atoms with Gasteiger partial charge in [0, 0.05) is 52.4 Å². The summed E-state index contributed by atoms with van der Waals surface area (Å²) in [6, 6.07) is 10.6. The van der Waals surface area contributed by atoms with Crippen LogP contribution in [0, 0.1) is 0 Å². The molecule has 0 N–H and O–H groups in total. The van der Waals surface area contributed by atoms with Crippen LogP contribution in [0.1, 0.15) is 0 Å². The van der Waals surface area contributed by atoms with Gasteiger partial charge in [-0.2, -0.15) is 0 Å². The number of rotatable bonds is 22. The van der Waals surface area contributed by atoms with Gasteiger partial charge < -0.3 is 73.1 Å². The van der Waals surface area contributed by atoms with Crippen molar-refractivity contribution >= 4 is 37.7 Å². The molecule has 2 aromatic carbocycles. The minimum absolute atomic E-state index is 0.182. The number of aliphatic carboxylic acids is 5. The first-order valence-corrected chi connectivity index (χ1v) is 14.7. The fourth-order valence-corrected chi connectivity index (χ4v) is 4.65. The van der Waals surface area contributed by atoms with E-state index < -0.39 is 83.0 Å². The fraction of sp³-hybridized carbons (Fsp3) is 0.370. The van der Waals surface area contributed by atoms with E-state index in [4.69, 9.17) is 4.74 Å². The number of carbonyl (C=O) groups is 5. The van der Waals surface area contributed by atoms with Gasteiger partial charge in [0.05, 0.1) is 35.9 Å². The molecule has 1 atom stereocenters. The molecule has 0 aliphatic rings. The van der Waals surface area contributed by atoms with Crippen molar-refractivity contribution in [3.8, 4) is 22.6 Å². The Labute approximate surface area is 261 Å². The molecule has 0 saturated heterocycles. The summed E-state index contributed by atoms with van der Waals surface area (Å²) in [5, 5.41) is 56.3. The highest BCUT2D eigenvalue weighted by Crippen LogP contribution is 2.31. The number of carbonyl (C=O) groups excluding carboxylic acids is 5. The Balaban J connectivity index is 2.25. The van der Waals surface area contributed by atoms with Crippen molar-refractivity contribution in [3.63, 3.8) is 0 Å². The summed E-state index contributed by atoms with van der Waals surface area (Å²) >= 11 is 0. The maximum Gasteiger partial charge on any atom is 0.124 e. The van der Waals surface area contributed by atoms with Crippen molar-refractivity contribution in [3.05, 3.63) is 48.5 Å². The lowest BCUT2D eigenvalue weighted by Gasteiger charge is -2.36. The molecule has 2 rings (SSSR count). The molecule has 0 aliphatic carbocycles. The molecule has 0 saturated carbocycles. The summed E-state index contributed by atoms with van der Waals surface area (Å²) in [5.74, 6) is -8.11. The third-order valence-corrected chi connectivity index (χ3v) is 6.58. The van der Waals surface area contributed by atoms with Crippen molar-refractivity contribution in [2.45, 2.75) is 6.04 Å². The van der Waals surface area contributed by atoms with Crippen LogP contribution in [0.4, 0.5) is 0 Å². The molecule has 0 aliphatic heterocycles. The monoisotopic (exact) mass is 664 g/mol. The van der Waals surface area contributed by atoms with Crippen LogP contribution in [0.3, 0.4) is 0 Å². The summed E-state index contributed by atoms with van der Waals surface area (Å²) < 4.78 is 20.8. The van der Waals surface area contributed by atoms with Gasteiger partial charge >= 0.3 is 0 Å². The van der Waals surface area contributed by atoms with Crippen LogP contribution in [-0.2, 0) is 28.5 Å². The van der Waals surface area contributed by atoms with Crippen LogP contribution >= 0.6 is 7.82 Å². The molecule has 1 unspecified atom stereocenters. The Morgan fingerprint density at radius 3 is 1.41 bits per heavy atom. The lowest BCUT2D eigenvalue weighted by molar-refractivity contribution is -0.334. The Bertz CT molecular complexity index is 1370. The van der Waals surface area contributed by atoms with Crippen molar-refractivity contribution in [1.82, 2.24) is 14.7 Å². The summed E-state index contributed by atoms with van der Waals surface area (Å²) in [6.45, 7) is -5.64. The van der Waals surface area contributed by atoms with Gasteiger partial charge in [0.2, 0.25) is 0 Å². The van der Waals surface area contributed by atoms with Crippen molar-refractivity contribution in [1.29, 1.82) is 0 Å². The van der Waals surface area contributed by atoms with Crippen LogP contribution in [-0.4, -0.2) is 110 Å². The van der Waals surface area contributed by atoms with E-state index in [-0.39, 0.29) is 31.1 Å². The first-order chi connectivity index (χ1) is 21.5. The van der Waals surface area contributed by atoms with E-state index in [2.05, 4.69) is 4.52 Å². The molecule has 0 heterocycles. The molecule has 19 heteroatoms. The van der Waals surface area contributed by atoms with Gasteiger partial charge in [0.15, 0.2) is 0 Å². The summed E-state index contributed by atoms with van der Waals surface area (Å²) in [7, 11) is -5.23. The van der Waals surface area contributed by atoms with Crippen molar-refractivity contribution < 1.29 is 73.1 Å². The molecule has 18 nitrogen and oxygen atoms in total. The molecule has 0 aromatic heterocycles. The second-order valence-electron chi connectivity index (χ2n) is 9.76. The normalized spacial score (nSPS) is 12.2. The van der Waals surface area contributed by atoms with Gasteiger partial charge in [0.25, 0.3) is 0 Å². The molecular weight excluding hydrogens is 637 g/mol. The third kappa shape index (κ3) is 14.9. The quantitative estimate of drug-likeness (QED) is 0.106. The van der Waals surface area contributed by atoms with E-state index in [0.29, 0.717) is 11.1 Å². The minimum atomic E-state index is -5.23. The van der Waals surface area contributed by atoms with E-state index in [0.717, 1.165) is 14.7 Å². The van der Waals surface area contributed by atoms with Crippen molar-refractivity contribution in [2.75, 3.05) is 59.0 Å². The number of phosphoric acid groups is 1. The number of carboxylic acids is 5. The Kier molecular flexibility index (Phi) is 14.5. The molecule has 252 valence electrons. The predicted molar refractivity (Wildman–Crippen MR) is 139 cm³/mol. The fourth-order valence-electron chi connectivity index (χ4n) is 4.27. The summed E-state index contributed by atoms with van der Waals surface area (Å²) in [6.07, 6.45) is 0. The average Bonchev–Trinajstić information content (AvgIpc) is 2.92. The van der Waals surface area contributed by atoms with Crippen LogP contribution < -0.4 is 44.6 Å². The third-order valence-electron chi connectivity index (χ3n) is 6.14. The number of hydrogen-bond donors (Lipinski definition) is 0. The molecule has 0 fully saturated rings. The molecule has 46 heavy (non-hydrogen) atoms. The first kappa shape index (κ1) is 37.6. The molecule has 0 amide bonds. The topological polar surface area (TPSA) is 292 Å². The predicted octanol–water partition coefficient (Wildman–Crippen LogP) is -8.04. The van der Waals surface area contributed by atoms with Gasteiger partial charge in [-0.15, -0.1) is 0 Å². The largest absolute Gasteiger partial charge is 0.780 e. The average molecular weight is 664 g/mol. The highest BCUT2D eigenvalue weighted by molar-refractivity contribution is 7.43. The maximum atomic E-state index is 11.4. The Morgan fingerprint density at radius 2 is 1.00 bits per heavy atom. The number of ether oxygens (including phenoxy) is 1. The highest BCUT2D eigenvalue weighted by atomic mass is 31.2. The minimum Gasteiger partial charge on any atom is -0.780 e. The van der Waals surface area contributed by atoms with E-state index >= 15 is 0 Å². The van der Waals surface area contributed by atoms with Crippen LogP contribution in [0.25, 0.3) is 11.1 Å². The number of phosphoric ester groups is 1. The molecule has 0 radical (unpaired) electrons. The number of hydrogen-bond acceptors (Lipinski definition) is 18. The zero-order valence-corrected chi connectivity index (χ0v) is 24.9. The van der Waals surface area contributed by atoms with Crippen molar-refractivity contribution in [2.24, 2.45) is 0 Å². The second-order valence-corrected chi connectivity index (χ2v) is 10.8. The zero-order valence-electron chi connectivity index (χ0n) is 24.0. The Hall–Kier alpha value is -4.58. The number of carboxylic acid groups (broad SMARTS) is 5. The summed E-state index contributed by atoms with van der Waals surface area (Å²) in [4.78, 5) is 80.8. The van der Waals surface area contributed by atoms with Crippen LogP contribution in [0.5, 0.6) is 11.5 Å². The lowest BCUT2D eigenvalue weighted by atomic mass is 10.1. The Morgan fingerprint density at radius 1 is 0.609 bits per heavy atom. The van der Waals surface area contributed by atoms with Gasteiger partial charge in [-0.05, 0) is 35.4 Å². The van der Waals surface area contributed by atoms with Crippen LogP contribution in [0.2, 0.25) is 0 Å². The van der Waals surface area contributed by atoms with Gasteiger partial charge in [-0.25, -0.2) is 0 Å². The van der Waals surface area contributed by atoms with Crippen LogP contribution in [0.15, 0.2) is 48.5 Å². The number of nitrogens with zero attached hydrogens (tertiary/aromatic N) is 3. The second kappa shape index (κ2) is 17.8. The van der Waals surface area contributed by atoms with E-state index in [1.54, 1.807) is 12.1 Å². The molecular formula is C27H27N3O15P-7. The maximum absolute atomic E-state index is 11.4. The highest BCUT2D eigenvalue weighted by Gasteiger charge is 2.24. The zero-order chi connectivity index (χ0) is 34.4. The molecule has 0 spiro atoms. The smallest absolute Gasteiger partial charge is 0.124 e. The van der Waals surface area contributed by atoms with E-state index in [9.17, 15) is 63.9 Å². The molecule has 0 bridgehead atoms. The van der Waals surface area contributed by atoms with E-state index in [1.807, 2.05) is 0 Å². The first-order valence-electron chi connectivity index (χ1n) is 13.2. The van der Waals surface area contributed by atoms with Gasteiger partial charge in [-0.1, -0.05) is 24.3 Å². The molecule has 2 aromatic rings. The number of benzene rings is 2. The standard InChI is InChI=1S/C27H34N3O15P/c31-23(32)12-28(9-10-29(13-24(33)34)14-25(35)36)11-20(30(15-26(37)38)16-27(39)40)17-44-21-5-1-18(2-6-21)19-3-7-22(8-4-19)45-46(41,42)43/h1-8,20H,9-17H2,(H,31,32)(H,33,34)(H,35,36)(H,37,38)(H,39,40)(H2,41,42,43)/p-7. The SMILES string of the molecule is O=C([O-])CN(CCN(CC(=O)[O-])CC(COc1ccc(-c2ccc(OP(=O)([O-])[O-])cc2)cc1)N(CC(=O)[O-])CC(=O)[O-])CC(=O)[O-]. The van der Waals surface area contributed by atoms with Gasteiger partial charge in [0.1, 0.15) is 25.9 Å². The van der Waals surface area contributed by atoms with Gasteiger partial charge in [-0.3, -0.25) is 14.7 Å². The summed E-state index contributed by atoms with van der Waals surface area (Å²) in [5.41, 5.74) is 1.22. The van der Waals surface area contributed by atoms with E-state index in [1.165, 1.54) is 36.4 Å². The lowest BCUT2D eigenvalue weighted by Crippen LogP contribution is -2.56.